The standard InChI is InChI=1S/C12H10N2/c13-11-8-5-1-3-7-4-2-6-9(10(7)8)12(11)14/h1-6H,13-14H2. The molecule has 0 saturated carbocycles. The van der Waals surface area contributed by atoms with Gasteiger partial charge in [-0.3, -0.25) is 0 Å². The summed E-state index contributed by atoms with van der Waals surface area (Å²) in [4.78, 5) is 0. The zero-order chi connectivity index (χ0) is 9.71. The van der Waals surface area contributed by atoms with Crippen molar-refractivity contribution in [2.24, 2.45) is 11.5 Å². The van der Waals surface area contributed by atoms with Gasteiger partial charge in [0, 0.05) is 16.5 Å². The van der Waals surface area contributed by atoms with Crippen LogP contribution in [0, 0.1) is 0 Å². The fourth-order valence-electron chi connectivity index (χ4n) is 2.08. The first-order chi connectivity index (χ1) is 6.79. The summed E-state index contributed by atoms with van der Waals surface area (Å²) in [5.41, 5.74) is 15.4. The second-order valence-corrected chi connectivity index (χ2v) is 3.54. The number of nitrogens with two attached hydrogens (primary N) is 2. The lowest BCUT2D eigenvalue weighted by Crippen LogP contribution is -2.01. The normalized spacial score (nSPS) is 14.0. The molecule has 0 aliphatic heterocycles. The molecule has 0 amide bonds. The van der Waals surface area contributed by atoms with E-state index in [1.54, 1.807) is 0 Å². The summed E-state index contributed by atoms with van der Waals surface area (Å²) < 4.78 is 0. The second kappa shape index (κ2) is 2.29. The summed E-state index contributed by atoms with van der Waals surface area (Å²) in [6, 6.07) is 12.2. The van der Waals surface area contributed by atoms with E-state index >= 15 is 0 Å². The number of rotatable bonds is 0. The maximum atomic E-state index is 5.94. The van der Waals surface area contributed by atoms with E-state index in [1.165, 1.54) is 10.8 Å². The largest absolute Gasteiger partial charge is 0.397 e. The summed E-state index contributed by atoms with van der Waals surface area (Å²) in [5.74, 6) is 0. The summed E-state index contributed by atoms with van der Waals surface area (Å²) in [6.07, 6.45) is 0. The van der Waals surface area contributed by atoms with E-state index in [0.717, 1.165) is 11.1 Å². The van der Waals surface area contributed by atoms with Crippen LogP contribution in [0.15, 0.2) is 36.4 Å². The number of hydrogen-bond acceptors (Lipinski definition) is 2. The van der Waals surface area contributed by atoms with Crippen LogP contribution in [0.2, 0.25) is 0 Å². The molecule has 4 N–H and O–H groups in total. The molecule has 0 atom stereocenters. The molecule has 1 aliphatic rings. The summed E-state index contributed by atoms with van der Waals surface area (Å²) in [6.45, 7) is 0. The Labute approximate surface area is 81.8 Å². The third kappa shape index (κ3) is 0.708. The molecule has 0 bridgehead atoms. The molecule has 2 nitrogen and oxygen atoms in total. The number of hydrogen-bond donors (Lipinski definition) is 2. The smallest absolute Gasteiger partial charge is 0.0634 e. The van der Waals surface area contributed by atoms with E-state index in [-0.39, 0.29) is 0 Å². The van der Waals surface area contributed by atoms with Crippen LogP contribution in [0.1, 0.15) is 11.1 Å². The van der Waals surface area contributed by atoms with Crippen molar-refractivity contribution in [3.63, 3.8) is 0 Å². The third-order valence-electron chi connectivity index (χ3n) is 2.78. The maximum Gasteiger partial charge on any atom is 0.0634 e. The summed E-state index contributed by atoms with van der Waals surface area (Å²) in [7, 11) is 0. The first-order valence-electron chi connectivity index (χ1n) is 4.57. The molecule has 2 heteroatoms. The highest BCUT2D eigenvalue weighted by molar-refractivity contribution is 6.12. The Morgan fingerprint density at radius 1 is 0.714 bits per heavy atom. The van der Waals surface area contributed by atoms with E-state index in [2.05, 4.69) is 12.1 Å². The Balaban J connectivity index is 2.59. The maximum absolute atomic E-state index is 5.94. The van der Waals surface area contributed by atoms with Gasteiger partial charge in [-0.25, -0.2) is 0 Å². The van der Waals surface area contributed by atoms with E-state index in [4.69, 9.17) is 11.5 Å². The van der Waals surface area contributed by atoms with Gasteiger partial charge in [-0.2, -0.15) is 0 Å². The average molecular weight is 182 g/mol. The molecule has 2 aromatic carbocycles. The number of benzene rings is 2. The van der Waals surface area contributed by atoms with Crippen molar-refractivity contribution in [1.82, 2.24) is 0 Å². The zero-order valence-corrected chi connectivity index (χ0v) is 7.62. The molecular formula is C12H10N2. The van der Waals surface area contributed by atoms with Crippen LogP contribution in [0.3, 0.4) is 0 Å². The minimum Gasteiger partial charge on any atom is -0.397 e. The van der Waals surface area contributed by atoms with Gasteiger partial charge in [0.15, 0.2) is 0 Å². The Morgan fingerprint density at radius 3 is 1.71 bits per heavy atom. The van der Waals surface area contributed by atoms with Crippen molar-refractivity contribution in [2.75, 3.05) is 0 Å². The molecular weight excluding hydrogens is 172 g/mol. The summed E-state index contributed by atoms with van der Waals surface area (Å²) in [5, 5.41) is 2.38. The minimum absolute atomic E-state index is 0.705. The quantitative estimate of drug-likeness (QED) is 0.653. The fraction of sp³-hybridized carbons (Fsp3) is 0. The predicted octanol–water partition coefficient (Wildman–Crippen LogP) is 1.90. The molecule has 2 aromatic rings. The van der Waals surface area contributed by atoms with E-state index < -0.39 is 0 Å². The van der Waals surface area contributed by atoms with E-state index in [9.17, 15) is 0 Å². The highest BCUT2D eigenvalue weighted by Crippen LogP contribution is 2.36. The molecule has 14 heavy (non-hydrogen) atoms. The van der Waals surface area contributed by atoms with Crippen molar-refractivity contribution < 1.29 is 0 Å². The first-order valence-corrected chi connectivity index (χ1v) is 4.57. The van der Waals surface area contributed by atoms with Crippen molar-refractivity contribution >= 4 is 22.2 Å². The third-order valence-corrected chi connectivity index (χ3v) is 2.78. The predicted molar refractivity (Wildman–Crippen MR) is 59.1 cm³/mol. The molecule has 0 fully saturated rings. The van der Waals surface area contributed by atoms with Gasteiger partial charge in [0.05, 0.1) is 11.4 Å². The van der Waals surface area contributed by atoms with E-state index in [0.29, 0.717) is 11.4 Å². The Hall–Kier alpha value is -1.96. The van der Waals surface area contributed by atoms with Crippen molar-refractivity contribution in [1.29, 1.82) is 0 Å². The van der Waals surface area contributed by atoms with Crippen molar-refractivity contribution in [3.05, 3.63) is 47.5 Å². The van der Waals surface area contributed by atoms with Crippen LogP contribution in [-0.4, -0.2) is 0 Å². The molecule has 0 spiro atoms. The van der Waals surface area contributed by atoms with E-state index in [1.807, 2.05) is 24.3 Å². The molecule has 3 rings (SSSR count). The lowest BCUT2D eigenvalue weighted by Gasteiger charge is -2.01. The SMILES string of the molecule is NC1=C(N)c2cccc3cccc1c23. The topological polar surface area (TPSA) is 52.0 Å². The van der Waals surface area contributed by atoms with Crippen LogP contribution in [-0.2, 0) is 0 Å². The molecule has 1 aliphatic carbocycles. The lowest BCUT2D eigenvalue weighted by atomic mass is 10.0. The van der Waals surface area contributed by atoms with Gasteiger partial charge in [0.1, 0.15) is 0 Å². The van der Waals surface area contributed by atoms with Crippen LogP contribution < -0.4 is 11.5 Å². The highest BCUT2D eigenvalue weighted by Gasteiger charge is 2.18. The van der Waals surface area contributed by atoms with Crippen LogP contribution in [0.25, 0.3) is 22.2 Å². The van der Waals surface area contributed by atoms with Crippen molar-refractivity contribution in [2.45, 2.75) is 0 Å². The molecule has 0 unspecified atom stereocenters. The molecule has 0 saturated heterocycles. The van der Waals surface area contributed by atoms with Crippen LogP contribution in [0.4, 0.5) is 0 Å². The summed E-state index contributed by atoms with van der Waals surface area (Å²) >= 11 is 0. The molecule has 0 heterocycles. The van der Waals surface area contributed by atoms with Crippen molar-refractivity contribution in [3.8, 4) is 0 Å². The molecule has 68 valence electrons. The first kappa shape index (κ1) is 7.44. The van der Waals surface area contributed by atoms with Gasteiger partial charge in [-0.1, -0.05) is 36.4 Å². The van der Waals surface area contributed by atoms with Crippen LogP contribution >= 0.6 is 0 Å². The second-order valence-electron chi connectivity index (χ2n) is 3.54. The molecule has 0 radical (unpaired) electrons. The fourth-order valence-corrected chi connectivity index (χ4v) is 2.08. The van der Waals surface area contributed by atoms with Gasteiger partial charge in [0.25, 0.3) is 0 Å². The van der Waals surface area contributed by atoms with Gasteiger partial charge < -0.3 is 11.5 Å². The Morgan fingerprint density at radius 2 is 1.21 bits per heavy atom. The molecule has 0 aromatic heterocycles. The van der Waals surface area contributed by atoms with Crippen LogP contribution in [0.5, 0.6) is 0 Å². The Kier molecular flexibility index (Phi) is 1.22. The monoisotopic (exact) mass is 182 g/mol. The highest BCUT2D eigenvalue weighted by atomic mass is 14.7. The zero-order valence-electron chi connectivity index (χ0n) is 7.62. The Bertz CT molecular complexity index is 521. The van der Waals surface area contributed by atoms with Gasteiger partial charge in [-0.15, -0.1) is 0 Å². The van der Waals surface area contributed by atoms with Gasteiger partial charge in [-0.05, 0) is 5.39 Å². The average Bonchev–Trinajstić information content (AvgIpc) is 2.47. The minimum atomic E-state index is 0.705. The lowest BCUT2D eigenvalue weighted by molar-refractivity contribution is 1.54. The van der Waals surface area contributed by atoms with Gasteiger partial charge >= 0.3 is 0 Å². The van der Waals surface area contributed by atoms with Gasteiger partial charge in [0.2, 0.25) is 0 Å².